The number of hydrogen-bond donors (Lipinski definition) is 2. The molecule has 0 unspecified atom stereocenters. The molecular weight excluding hydrogens is 450 g/mol. The molecule has 2 heterocycles. The average molecular weight is 473 g/mol. The van der Waals surface area contributed by atoms with Crippen molar-refractivity contribution in [3.8, 4) is 11.3 Å². The molecule has 1 fully saturated rings. The second-order valence-electron chi connectivity index (χ2n) is 8.41. The summed E-state index contributed by atoms with van der Waals surface area (Å²) >= 11 is 0. The van der Waals surface area contributed by atoms with E-state index in [2.05, 4.69) is 25.8 Å². The molecule has 1 aromatic carbocycles. The van der Waals surface area contributed by atoms with Gasteiger partial charge in [-0.25, -0.2) is 17.6 Å². The van der Waals surface area contributed by atoms with Crippen molar-refractivity contribution in [3.05, 3.63) is 71.3 Å². The van der Waals surface area contributed by atoms with Gasteiger partial charge in [0.2, 0.25) is 0 Å². The lowest BCUT2D eigenvalue weighted by Gasteiger charge is -2.44. The van der Waals surface area contributed by atoms with Gasteiger partial charge in [0.15, 0.2) is 0 Å². The Morgan fingerprint density at radius 2 is 1.97 bits per heavy atom. The fourth-order valence-electron chi connectivity index (χ4n) is 4.22. The molecule has 0 radical (unpaired) electrons. The van der Waals surface area contributed by atoms with Gasteiger partial charge in [-0.05, 0) is 61.7 Å². The molecular formula is C24H23F4N5O. The van der Waals surface area contributed by atoms with Crippen LogP contribution in [0.3, 0.4) is 0 Å². The Balaban J connectivity index is 1.48. The fraction of sp³-hybridized carbons (Fsp3) is 0.333. The van der Waals surface area contributed by atoms with Crippen molar-refractivity contribution < 1.29 is 22.4 Å². The van der Waals surface area contributed by atoms with Crippen molar-refractivity contribution in [3.63, 3.8) is 0 Å². The predicted molar refractivity (Wildman–Crippen MR) is 119 cm³/mol. The predicted octanol–water partition coefficient (Wildman–Crippen LogP) is 4.46. The van der Waals surface area contributed by atoms with Gasteiger partial charge in [0.25, 0.3) is 12.3 Å². The van der Waals surface area contributed by atoms with E-state index < -0.39 is 36.3 Å². The van der Waals surface area contributed by atoms with Crippen molar-refractivity contribution in [2.75, 3.05) is 18.4 Å². The number of halogens is 4. The third kappa shape index (κ3) is 5.00. The van der Waals surface area contributed by atoms with Crippen LogP contribution < -0.4 is 10.6 Å². The number of amides is 1. The largest absolute Gasteiger partial charge is 0.368 e. The normalized spacial score (nSPS) is 19.5. The number of aromatic nitrogens is 3. The minimum atomic E-state index is -2.69. The highest BCUT2D eigenvalue weighted by Gasteiger charge is 2.47. The van der Waals surface area contributed by atoms with Gasteiger partial charge < -0.3 is 10.6 Å². The van der Waals surface area contributed by atoms with Gasteiger partial charge in [-0.1, -0.05) is 6.07 Å². The quantitative estimate of drug-likeness (QED) is 0.472. The summed E-state index contributed by atoms with van der Waals surface area (Å²) in [6, 6.07) is 10.4. The fourth-order valence-corrected chi connectivity index (χ4v) is 4.22. The van der Waals surface area contributed by atoms with Crippen molar-refractivity contribution in [1.82, 2.24) is 20.5 Å². The van der Waals surface area contributed by atoms with E-state index in [0.29, 0.717) is 25.2 Å². The third-order valence-electron chi connectivity index (χ3n) is 5.93. The number of rotatable bonds is 8. The standard InChI is InChI=1S/C24H23F4N5O/c1-14-3-2-8-29-22(14)24(10-16(25)11-24)13-31-21-7-6-19(32-33-21)17-9-15(4-5-18(17)26)23(34)30-12-20(27)28/h2-9,16,20H,10-13H2,1H3,(H,30,34)(H,31,33). The highest BCUT2D eigenvalue weighted by molar-refractivity contribution is 5.95. The summed E-state index contributed by atoms with van der Waals surface area (Å²) in [7, 11) is 0. The average Bonchev–Trinajstić information content (AvgIpc) is 2.80. The van der Waals surface area contributed by atoms with Crippen molar-refractivity contribution in [1.29, 1.82) is 0 Å². The number of nitrogens with zero attached hydrogens (tertiary/aromatic N) is 3. The number of nitrogens with one attached hydrogen (secondary N) is 2. The molecule has 10 heteroatoms. The molecule has 0 saturated heterocycles. The summed E-state index contributed by atoms with van der Waals surface area (Å²) < 4.78 is 52.9. The second kappa shape index (κ2) is 9.74. The van der Waals surface area contributed by atoms with Crippen LogP contribution in [0.5, 0.6) is 0 Å². The molecule has 0 spiro atoms. The van der Waals surface area contributed by atoms with Crippen LogP contribution in [-0.4, -0.2) is 46.8 Å². The Hall–Kier alpha value is -3.56. The Kier molecular flexibility index (Phi) is 6.76. The van der Waals surface area contributed by atoms with Crippen LogP contribution in [0.15, 0.2) is 48.7 Å². The van der Waals surface area contributed by atoms with E-state index in [1.165, 1.54) is 18.2 Å². The van der Waals surface area contributed by atoms with Crippen LogP contribution in [0.4, 0.5) is 23.4 Å². The summed E-state index contributed by atoms with van der Waals surface area (Å²) in [5.74, 6) is -0.951. The van der Waals surface area contributed by atoms with E-state index in [0.717, 1.165) is 17.3 Å². The summed E-state index contributed by atoms with van der Waals surface area (Å²) in [5.41, 5.74) is 1.62. The van der Waals surface area contributed by atoms with Crippen LogP contribution >= 0.6 is 0 Å². The molecule has 0 atom stereocenters. The SMILES string of the molecule is Cc1cccnc1C1(CNc2ccc(-c3cc(C(=O)NCC(F)F)ccc3F)nn2)CC(F)C1. The summed E-state index contributed by atoms with van der Waals surface area (Å²) in [6.45, 7) is 1.56. The van der Waals surface area contributed by atoms with Crippen LogP contribution in [0.2, 0.25) is 0 Å². The number of pyridine rings is 1. The first-order valence-corrected chi connectivity index (χ1v) is 10.8. The van der Waals surface area contributed by atoms with Gasteiger partial charge in [-0.3, -0.25) is 9.78 Å². The van der Waals surface area contributed by atoms with Gasteiger partial charge >= 0.3 is 0 Å². The summed E-state index contributed by atoms with van der Waals surface area (Å²) in [4.78, 5) is 16.5. The molecule has 0 bridgehead atoms. The molecule has 0 aliphatic heterocycles. The number of benzene rings is 1. The third-order valence-corrected chi connectivity index (χ3v) is 5.93. The van der Waals surface area contributed by atoms with Gasteiger partial charge in [-0.15, -0.1) is 10.2 Å². The van der Waals surface area contributed by atoms with Crippen molar-refractivity contribution in [2.24, 2.45) is 0 Å². The molecule has 34 heavy (non-hydrogen) atoms. The molecule has 2 N–H and O–H groups in total. The zero-order chi connectivity index (χ0) is 24.3. The van der Waals surface area contributed by atoms with Crippen LogP contribution in [0, 0.1) is 12.7 Å². The van der Waals surface area contributed by atoms with Gasteiger partial charge in [-0.2, -0.15) is 0 Å². The number of carbonyl (C=O) groups excluding carboxylic acids is 1. The van der Waals surface area contributed by atoms with E-state index in [1.54, 1.807) is 12.3 Å². The maximum Gasteiger partial charge on any atom is 0.255 e. The van der Waals surface area contributed by atoms with E-state index in [4.69, 9.17) is 0 Å². The number of aryl methyl sites for hydroxylation is 1. The molecule has 178 valence electrons. The zero-order valence-corrected chi connectivity index (χ0v) is 18.4. The molecule has 1 aliphatic rings. The smallest absolute Gasteiger partial charge is 0.255 e. The maximum atomic E-state index is 14.4. The molecule has 1 amide bonds. The highest BCUT2D eigenvalue weighted by Crippen LogP contribution is 2.45. The summed E-state index contributed by atoms with van der Waals surface area (Å²) in [5, 5.41) is 13.4. The van der Waals surface area contributed by atoms with Crippen molar-refractivity contribution in [2.45, 2.75) is 37.8 Å². The van der Waals surface area contributed by atoms with E-state index in [9.17, 15) is 22.4 Å². The highest BCUT2D eigenvalue weighted by atomic mass is 19.3. The van der Waals surface area contributed by atoms with Crippen molar-refractivity contribution >= 4 is 11.7 Å². The molecule has 3 aromatic rings. The lowest BCUT2D eigenvalue weighted by atomic mass is 9.64. The van der Waals surface area contributed by atoms with E-state index >= 15 is 0 Å². The minimum Gasteiger partial charge on any atom is -0.368 e. The molecule has 1 aliphatic carbocycles. The first kappa shape index (κ1) is 23.6. The van der Waals surface area contributed by atoms with Gasteiger partial charge in [0.05, 0.1) is 17.9 Å². The molecule has 6 nitrogen and oxygen atoms in total. The number of anilines is 1. The van der Waals surface area contributed by atoms with E-state index in [-0.39, 0.29) is 16.8 Å². The Labute approximate surface area is 193 Å². The molecule has 4 rings (SSSR count). The maximum absolute atomic E-state index is 14.4. The van der Waals surface area contributed by atoms with Crippen LogP contribution in [-0.2, 0) is 5.41 Å². The Bertz CT molecular complexity index is 1170. The van der Waals surface area contributed by atoms with Crippen LogP contribution in [0.1, 0.15) is 34.5 Å². The van der Waals surface area contributed by atoms with Crippen LogP contribution in [0.25, 0.3) is 11.3 Å². The van der Waals surface area contributed by atoms with E-state index in [1.807, 2.05) is 19.1 Å². The first-order chi connectivity index (χ1) is 16.3. The number of carbonyl (C=O) groups is 1. The topological polar surface area (TPSA) is 79.8 Å². The zero-order valence-electron chi connectivity index (χ0n) is 18.4. The number of alkyl halides is 3. The second-order valence-corrected chi connectivity index (χ2v) is 8.41. The Morgan fingerprint density at radius 1 is 1.18 bits per heavy atom. The first-order valence-electron chi connectivity index (χ1n) is 10.8. The lowest BCUT2D eigenvalue weighted by Crippen LogP contribution is -2.48. The van der Waals surface area contributed by atoms with Gasteiger partial charge in [0, 0.05) is 29.3 Å². The van der Waals surface area contributed by atoms with Gasteiger partial charge in [0.1, 0.15) is 17.8 Å². The molecule has 1 saturated carbocycles. The lowest BCUT2D eigenvalue weighted by molar-refractivity contribution is 0.0891. The Morgan fingerprint density at radius 3 is 2.62 bits per heavy atom. The number of hydrogen-bond acceptors (Lipinski definition) is 5. The summed E-state index contributed by atoms with van der Waals surface area (Å²) in [6.07, 6.45) is -1.17. The molecule has 2 aromatic heterocycles. The monoisotopic (exact) mass is 473 g/mol. The minimum absolute atomic E-state index is 0.0172.